The number of hydrogen-bond donors (Lipinski definition) is 0. The number of nitrogens with zero attached hydrogens (tertiary/aromatic N) is 3. The quantitative estimate of drug-likeness (QED) is 0.483. The zero-order chi connectivity index (χ0) is 9.03. The molecule has 0 radical (unpaired) electrons. The summed E-state index contributed by atoms with van der Waals surface area (Å²) in [6.45, 7) is 3.58. The van der Waals surface area contributed by atoms with Gasteiger partial charge in [0.25, 0.3) is 0 Å². The molecule has 0 saturated heterocycles. The summed E-state index contributed by atoms with van der Waals surface area (Å²) < 4.78 is 0. The van der Waals surface area contributed by atoms with Crippen LogP contribution in [0.1, 0.15) is 19.5 Å². The Labute approximate surface area is 70.4 Å². The highest BCUT2D eigenvalue weighted by Crippen LogP contribution is 2.20. The van der Waals surface area contributed by atoms with Gasteiger partial charge in [0.15, 0.2) is 0 Å². The first-order valence-corrected chi connectivity index (χ1v) is 3.52. The number of carbonyl (C=O) groups excluding carboxylic acids is 1. The highest BCUT2D eigenvalue weighted by molar-refractivity contribution is 5.35. The molecule has 12 heavy (non-hydrogen) atoms. The number of isocyanates is 1. The van der Waals surface area contributed by atoms with E-state index in [0.717, 1.165) is 0 Å². The summed E-state index contributed by atoms with van der Waals surface area (Å²) in [5.74, 6) is 0. The molecule has 0 aliphatic rings. The fraction of sp³-hybridized carbons (Fsp3) is 0.375. The zero-order valence-electron chi connectivity index (χ0n) is 6.98. The van der Waals surface area contributed by atoms with E-state index in [0.29, 0.717) is 5.69 Å². The van der Waals surface area contributed by atoms with Crippen molar-refractivity contribution in [1.82, 2.24) is 9.97 Å². The van der Waals surface area contributed by atoms with E-state index < -0.39 is 5.54 Å². The summed E-state index contributed by atoms with van der Waals surface area (Å²) in [5, 5.41) is 0. The lowest BCUT2D eigenvalue weighted by Gasteiger charge is -2.15. The van der Waals surface area contributed by atoms with E-state index in [9.17, 15) is 4.79 Å². The van der Waals surface area contributed by atoms with Crippen molar-refractivity contribution in [3.8, 4) is 0 Å². The molecule has 0 amide bonds. The van der Waals surface area contributed by atoms with Gasteiger partial charge in [0.1, 0.15) is 11.9 Å². The van der Waals surface area contributed by atoms with Crippen LogP contribution in [0.3, 0.4) is 0 Å². The lowest BCUT2D eigenvalue weighted by atomic mass is 10.0. The second-order valence-electron chi connectivity index (χ2n) is 2.86. The molecule has 1 rings (SSSR count). The SMILES string of the molecule is CC(C)(N=C=O)c1ccncn1. The van der Waals surface area contributed by atoms with Gasteiger partial charge in [-0.15, -0.1) is 0 Å². The van der Waals surface area contributed by atoms with E-state index >= 15 is 0 Å². The van der Waals surface area contributed by atoms with Crippen LogP contribution in [-0.2, 0) is 10.3 Å². The van der Waals surface area contributed by atoms with Crippen molar-refractivity contribution in [1.29, 1.82) is 0 Å². The van der Waals surface area contributed by atoms with Crippen LogP contribution in [0.25, 0.3) is 0 Å². The Bertz CT molecular complexity index is 301. The van der Waals surface area contributed by atoms with Crippen molar-refractivity contribution >= 4 is 6.08 Å². The Balaban J connectivity index is 3.05. The molecule has 4 nitrogen and oxygen atoms in total. The summed E-state index contributed by atoms with van der Waals surface area (Å²) in [4.78, 5) is 21.4. The fourth-order valence-electron chi connectivity index (χ4n) is 0.824. The predicted octanol–water partition coefficient (Wildman–Crippen LogP) is 1.05. The van der Waals surface area contributed by atoms with Gasteiger partial charge in [-0.1, -0.05) is 0 Å². The van der Waals surface area contributed by atoms with Gasteiger partial charge in [0.05, 0.1) is 5.69 Å². The van der Waals surface area contributed by atoms with Crippen molar-refractivity contribution < 1.29 is 4.79 Å². The standard InChI is InChI=1S/C8H9N3O/c1-8(2,11-6-12)7-3-4-9-5-10-7/h3-5H,1-2H3. The minimum atomic E-state index is -0.606. The Morgan fingerprint density at radius 3 is 2.83 bits per heavy atom. The molecule has 0 fully saturated rings. The maximum atomic E-state index is 10.1. The summed E-state index contributed by atoms with van der Waals surface area (Å²) in [7, 11) is 0. The largest absolute Gasteiger partial charge is 0.245 e. The molecule has 0 bridgehead atoms. The highest BCUT2D eigenvalue weighted by Gasteiger charge is 2.20. The van der Waals surface area contributed by atoms with Crippen molar-refractivity contribution in [2.45, 2.75) is 19.4 Å². The second-order valence-corrected chi connectivity index (χ2v) is 2.86. The third-order valence-corrected chi connectivity index (χ3v) is 1.53. The first-order valence-electron chi connectivity index (χ1n) is 3.52. The van der Waals surface area contributed by atoms with Crippen molar-refractivity contribution in [3.05, 3.63) is 24.3 Å². The normalized spacial score (nSPS) is 10.5. The number of hydrogen-bond acceptors (Lipinski definition) is 4. The average Bonchev–Trinajstić information content (AvgIpc) is 2.06. The van der Waals surface area contributed by atoms with Crippen LogP contribution in [0.5, 0.6) is 0 Å². The van der Waals surface area contributed by atoms with E-state index in [4.69, 9.17) is 0 Å². The van der Waals surface area contributed by atoms with Crippen molar-refractivity contribution in [3.63, 3.8) is 0 Å². The molecule has 0 spiro atoms. The van der Waals surface area contributed by atoms with E-state index in [2.05, 4.69) is 15.0 Å². The molecule has 0 N–H and O–H groups in total. The Morgan fingerprint density at radius 2 is 2.33 bits per heavy atom. The molecular formula is C8H9N3O. The van der Waals surface area contributed by atoms with Gasteiger partial charge in [-0.2, -0.15) is 4.99 Å². The summed E-state index contributed by atoms with van der Waals surface area (Å²) in [5.41, 5.74) is 0.103. The summed E-state index contributed by atoms with van der Waals surface area (Å²) >= 11 is 0. The minimum Gasteiger partial charge on any atom is -0.245 e. The van der Waals surface area contributed by atoms with Crippen LogP contribution in [-0.4, -0.2) is 16.0 Å². The second kappa shape index (κ2) is 3.24. The molecule has 1 aromatic heterocycles. The number of aliphatic imine (C=N–C) groups is 1. The van der Waals surface area contributed by atoms with Gasteiger partial charge in [0.2, 0.25) is 6.08 Å². The molecule has 4 heteroatoms. The van der Waals surface area contributed by atoms with Crippen molar-refractivity contribution in [2.75, 3.05) is 0 Å². The Hall–Kier alpha value is -1.54. The lowest BCUT2D eigenvalue weighted by molar-refractivity contribution is 0.511. The van der Waals surface area contributed by atoms with E-state index in [1.807, 2.05) is 0 Å². The van der Waals surface area contributed by atoms with Gasteiger partial charge in [-0.25, -0.2) is 14.8 Å². The van der Waals surface area contributed by atoms with Crippen LogP contribution in [0, 0.1) is 0 Å². The minimum absolute atomic E-state index is 0.606. The topological polar surface area (TPSA) is 55.2 Å². The van der Waals surface area contributed by atoms with E-state index in [1.165, 1.54) is 12.4 Å². The van der Waals surface area contributed by atoms with Gasteiger partial charge >= 0.3 is 0 Å². The zero-order valence-corrected chi connectivity index (χ0v) is 6.98. The maximum absolute atomic E-state index is 10.1. The van der Waals surface area contributed by atoms with Gasteiger partial charge in [-0.05, 0) is 19.9 Å². The van der Waals surface area contributed by atoms with Crippen LogP contribution in [0.2, 0.25) is 0 Å². The molecule has 1 aromatic rings. The van der Waals surface area contributed by atoms with E-state index in [1.54, 1.807) is 26.1 Å². The number of rotatable bonds is 2. The van der Waals surface area contributed by atoms with Crippen LogP contribution in [0.15, 0.2) is 23.6 Å². The van der Waals surface area contributed by atoms with Crippen LogP contribution < -0.4 is 0 Å². The first kappa shape index (κ1) is 8.56. The summed E-state index contributed by atoms with van der Waals surface area (Å²) in [6, 6.07) is 1.72. The number of aromatic nitrogens is 2. The maximum Gasteiger partial charge on any atom is 0.235 e. The molecule has 1 heterocycles. The Morgan fingerprint density at radius 1 is 1.58 bits per heavy atom. The van der Waals surface area contributed by atoms with Crippen LogP contribution in [0.4, 0.5) is 0 Å². The highest BCUT2D eigenvalue weighted by atomic mass is 16.1. The van der Waals surface area contributed by atoms with E-state index in [-0.39, 0.29) is 0 Å². The summed E-state index contributed by atoms with van der Waals surface area (Å²) in [6.07, 6.45) is 4.56. The fourth-order valence-corrected chi connectivity index (χ4v) is 0.824. The predicted molar refractivity (Wildman–Crippen MR) is 43.2 cm³/mol. The van der Waals surface area contributed by atoms with Crippen LogP contribution >= 0.6 is 0 Å². The lowest BCUT2D eigenvalue weighted by Crippen LogP contribution is -2.15. The average molecular weight is 163 g/mol. The molecule has 0 aliphatic heterocycles. The van der Waals surface area contributed by atoms with Gasteiger partial charge < -0.3 is 0 Å². The van der Waals surface area contributed by atoms with Crippen molar-refractivity contribution in [2.24, 2.45) is 4.99 Å². The first-order chi connectivity index (χ1) is 5.67. The molecule has 0 aromatic carbocycles. The molecule has 0 unspecified atom stereocenters. The monoisotopic (exact) mass is 163 g/mol. The van der Waals surface area contributed by atoms with Gasteiger partial charge in [-0.3, -0.25) is 0 Å². The van der Waals surface area contributed by atoms with Gasteiger partial charge in [0, 0.05) is 6.20 Å². The third-order valence-electron chi connectivity index (χ3n) is 1.53. The smallest absolute Gasteiger partial charge is 0.235 e. The molecule has 0 saturated carbocycles. The molecular weight excluding hydrogens is 154 g/mol. The molecule has 0 atom stereocenters. The molecule has 0 aliphatic carbocycles. The Kier molecular flexibility index (Phi) is 2.31. The molecule has 62 valence electrons. The third kappa shape index (κ3) is 1.74.